The first-order valence-corrected chi connectivity index (χ1v) is 10.3. The van der Waals surface area contributed by atoms with Gasteiger partial charge >= 0.3 is 0 Å². The van der Waals surface area contributed by atoms with Crippen LogP contribution in [0.25, 0.3) is 0 Å². The van der Waals surface area contributed by atoms with Gasteiger partial charge in [0.2, 0.25) is 15.9 Å². The van der Waals surface area contributed by atoms with Gasteiger partial charge in [-0.25, -0.2) is 13.1 Å². The van der Waals surface area contributed by atoms with Crippen molar-refractivity contribution in [3.63, 3.8) is 0 Å². The van der Waals surface area contributed by atoms with Crippen LogP contribution in [-0.2, 0) is 14.8 Å². The molecule has 2 rings (SSSR count). The van der Waals surface area contributed by atoms with Gasteiger partial charge in [0, 0.05) is 18.3 Å². The summed E-state index contributed by atoms with van der Waals surface area (Å²) in [7, 11) is -3.52. The standard InChI is InChI=1S/C18H29N3O3S/c1-13(2)20-25(23,24)17-9-7-16(8-10-17)19-18(22)15(4)21-11-5-6-14(3)12-21/h7-10,13-15,20H,5-6,11-12H2,1-4H3,(H,19,22)/t14-,15-/m0/s1. The summed E-state index contributed by atoms with van der Waals surface area (Å²) in [5.41, 5.74) is 0.602. The highest BCUT2D eigenvalue weighted by molar-refractivity contribution is 7.89. The van der Waals surface area contributed by atoms with Gasteiger partial charge in [-0.2, -0.15) is 0 Å². The van der Waals surface area contributed by atoms with E-state index in [1.807, 2.05) is 6.92 Å². The molecule has 1 amide bonds. The maximum Gasteiger partial charge on any atom is 0.241 e. The minimum atomic E-state index is -3.52. The normalized spacial score (nSPS) is 20.4. The Hall–Kier alpha value is -1.44. The Balaban J connectivity index is 1.99. The Morgan fingerprint density at radius 3 is 2.40 bits per heavy atom. The summed E-state index contributed by atoms with van der Waals surface area (Å²) in [6.45, 7) is 9.55. The highest BCUT2D eigenvalue weighted by atomic mass is 32.2. The van der Waals surface area contributed by atoms with Crippen LogP contribution in [0.1, 0.15) is 40.5 Å². The second kappa shape index (κ2) is 8.29. The Morgan fingerprint density at radius 2 is 1.84 bits per heavy atom. The lowest BCUT2D eigenvalue weighted by molar-refractivity contribution is -0.121. The lowest BCUT2D eigenvalue weighted by Crippen LogP contribution is -2.46. The molecule has 0 radical (unpaired) electrons. The first kappa shape index (κ1) is 19.9. The number of rotatable bonds is 6. The number of nitrogens with zero attached hydrogens (tertiary/aromatic N) is 1. The predicted molar refractivity (Wildman–Crippen MR) is 100.0 cm³/mol. The van der Waals surface area contributed by atoms with Crippen molar-refractivity contribution in [2.45, 2.75) is 57.5 Å². The maximum absolute atomic E-state index is 12.5. The zero-order valence-corrected chi connectivity index (χ0v) is 16.3. The summed E-state index contributed by atoms with van der Waals surface area (Å²) in [5, 5.41) is 2.88. The third-order valence-electron chi connectivity index (χ3n) is 4.44. The van der Waals surface area contributed by atoms with Crippen LogP contribution >= 0.6 is 0 Å². The fraction of sp³-hybridized carbons (Fsp3) is 0.611. The molecule has 0 spiro atoms. The number of hydrogen-bond acceptors (Lipinski definition) is 4. The molecule has 1 fully saturated rings. The molecule has 0 aromatic heterocycles. The van der Waals surface area contributed by atoms with Crippen molar-refractivity contribution in [1.29, 1.82) is 0 Å². The van der Waals surface area contributed by atoms with Gasteiger partial charge < -0.3 is 5.32 Å². The van der Waals surface area contributed by atoms with Crippen molar-refractivity contribution >= 4 is 21.6 Å². The van der Waals surface area contributed by atoms with Crippen molar-refractivity contribution in [1.82, 2.24) is 9.62 Å². The molecule has 1 aliphatic rings. The monoisotopic (exact) mass is 367 g/mol. The van der Waals surface area contributed by atoms with Crippen LogP contribution in [0.4, 0.5) is 5.69 Å². The minimum absolute atomic E-state index is 0.0648. The molecule has 0 bridgehead atoms. The SMILES string of the molecule is CC(C)NS(=O)(=O)c1ccc(NC(=O)[C@H](C)N2CCC[C@H](C)C2)cc1. The molecule has 140 valence electrons. The molecular formula is C18H29N3O3S. The summed E-state index contributed by atoms with van der Waals surface area (Å²) in [6.07, 6.45) is 2.33. The average molecular weight is 368 g/mol. The van der Waals surface area contributed by atoms with Crippen LogP contribution in [0.5, 0.6) is 0 Å². The predicted octanol–water partition coefficient (Wildman–Crippen LogP) is 2.43. The van der Waals surface area contributed by atoms with Crippen LogP contribution < -0.4 is 10.0 Å². The second-order valence-corrected chi connectivity index (χ2v) is 8.92. The van der Waals surface area contributed by atoms with E-state index < -0.39 is 10.0 Å². The molecule has 6 nitrogen and oxygen atoms in total. The number of carbonyl (C=O) groups excluding carboxylic acids is 1. The van der Waals surface area contributed by atoms with Crippen molar-refractivity contribution in [3.05, 3.63) is 24.3 Å². The van der Waals surface area contributed by atoms with Gasteiger partial charge in [-0.1, -0.05) is 6.92 Å². The molecule has 1 saturated heterocycles. The number of hydrogen-bond donors (Lipinski definition) is 2. The van der Waals surface area contributed by atoms with Gasteiger partial charge in [-0.15, -0.1) is 0 Å². The van der Waals surface area contributed by atoms with E-state index in [0.717, 1.165) is 19.5 Å². The summed E-state index contributed by atoms with van der Waals surface area (Å²) in [6, 6.07) is 5.89. The summed E-state index contributed by atoms with van der Waals surface area (Å²) in [4.78, 5) is 14.9. The molecule has 7 heteroatoms. The number of piperidine rings is 1. The lowest BCUT2D eigenvalue weighted by Gasteiger charge is -2.34. The lowest BCUT2D eigenvalue weighted by atomic mass is 9.99. The molecular weight excluding hydrogens is 338 g/mol. The molecule has 0 saturated carbocycles. The van der Waals surface area contributed by atoms with Gasteiger partial charge in [0.1, 0.15) is 0 Å². The molecule has 0 aliphatic carbocycles. The largest absolute Gasteiger partial charge is 0.325 e. The van der Waals surface area contributed by atoms with Gasteiger partial charge in [0.05, 0.1) is 10.9 Å². The number of carbonyl (C=O) groups is 1. The fourth-order valence-electron chi connectivity index (χ4n) is 3.09. The zero-order chi connectivity index (χ0) is 18.6. The molecule has 2 atom stereocenters. The van der Waals surface area contributed by atoms with E-state index in [1.165, 1.54) is 18.6 Å². The zero-order valence-electron chi connectivity index (χ0n) is 15.5. The molecule has 1 heterocycles. The maximum atomic E-state index is 12.5. The number of benzene rings is 1. The molecule has 1 aliphatic heterocycles. The van der Waals surface area contributed by atoms with E-state index in [9.17, 15) is 13.2 Å². The second-order valence-electron chi connectivity index (χ2n) is 7.21. The topological polar surface area (TPSA) is 78.5 Å². The first-order valence-electron chi connectivity index (χ1n) is 8.86. The van der Waals surface area contributed by atoms with Gasteiger partial charge in [-0.05, 0) is 70.3 Å². The molecule has 0 unspecified atom stereocenters. The fourth-order valence-corrected chi connectivity index (χ4v) is 4.34. The third kappa shape index (κ3) is 5.52. The highest BCUT2D eigenvalue weighted by Crippen LogP contribution is 2.19. The van der Waals surface area contributed by atoms with Crippen LogP contribution in [0, 0.1) is 5.92 Å². The van der Waals surface area contributed by atoms with Crippen molar-refractivity contribution in [2.75, 3.05) is 18.4 Å². The van der Waals surface area contributed by atoms with E-state index in [-0.39, 0.29) is 22.9 Å². The number of anilines is 1. The van der Waals surface area contributed by atoms with Crippen molar-refractivity contribution < 1.29 is 13.2 Å². The highest BCUT2D eigenvalue weighted by Gasteiger charge is 2.25. The minimum Gasteiger partial charge on any atom is -0.325 e. The van der Waals surface area contributed by atoms with Crippen molar-refractivity contribution in [3.8, 4) is 0 Å². The Labute approximate surface area is 151 Å². The molecule has 25 heavy (non-hydrogen) atoms. The average Bonchev–Trinajstić information content (AvgIpc) is 2.53. The number of likely N-dealkylation sites (tertiary alicyclic amines) is 1. The van der Waals surface area contributed by atoms with E-state index in [2.05, 4.69) is 21.9 Å². The van der Waals surface area contributed by atoms with E-state index >= 15 is 0 Å². The van der Waals surface area contributed by atoms with Crippen LogP contribution in [0.2, 0.25) is 0 Å². The summed E-state index contributed by atoms with van der Waals surface area (Å²) in [5.74, 6) is 0.548. The van der Waals surface area contributed by atoms with E-state index in [1.54, 1.807) is 26.0 Å². The van der Waals surface area contributed by atoms with Gasteiger partial charge in [0.25, 0.3) is 0 Å². The van der Waals surface area contributed by atoms with E-state index in [4.69, 9.17) is 0 Å². The Kier molecular flexibility index (Phi) is 6.59. The molecule has 1 aromatic rings. The van der Waals surface area contributed by atoms with Crippen LogP contribution in [0.15, 0.2) is 29.2 Å². The van der Waals surface area contributed by atoms with Gasteiger partial charge in [0.15, 0.2) is 0 Å². The summed E-state index contributed by atoms with van der Waals surface area (Å²) >= 11 is 0. The van der Waals surface area contributed by atoms with Crippen LogP contribution in [0.3, 0.4) is 0 Å². The van der Waals surface area contributed by atoms with Gasteiger partial charge in [-0.3, -0.25) is 9.69 Å². The number of nitrogens with one attached hydrogen (secondary N) is 2. The van der Waals surface area contributed by atoms with E-state index in [0.29, 0.717) is 11.6 Å². The Bertz CT molecular complexity index is 686. The Morgan fingerprint density at radius 1 is 1.20 bits per heavy atom. The molecule has 2 N–H and O–H groups in total. The first-order chi connectivity index (χ1) is 11.7. The van der Waals surface area contributed by atoms with Crippen molar-refractivity contribution in [2.24, 2.45) is 5.92 Å². The summed E-state index contributed by atoms with van der Waals surface area (Å²) < 4.78 is 26.8. The number of sulfonamides is 1. The third-order valence-corrected chi connectivity index (χ3v) is 6.11. The number of amides is 1. The molecule has 1 aromatic carbocycles. The van der Waals surface area contributed by atoms with Crippen LogP contribution in [-0.4, -0.2) is 44.4 Å². The quantitative estimate of drug-likeness (QED) is 0.809. The smallest absolute Gasteiger partial charge is 0.241 e.